The summed E-state index contributed by atoms with van der Waals surface area (Å²) in [6, 6.07) is 16.3. The van der Waals surface area contributed by atoms with E-state index in [9.17, 15) is 14.4 Å². The molecule has 0 aliphatic carbocycles. The molecule has 1 heterocycles. The molecule has 1 aliphatic heterocycles. The Hall–Kier alpha value is -2.99. The highest BCUT2D eigenvalue weighted by molar-refractivity contribution is 5.96. The zero-order chi connectivity index (χ0) is 19.9. The third-order valence-corrected chi connectivity index (χ3v) is 5.05. The Morgan fingerprint density at radius 3 is 2.18 bits per heavy atom. The molecule has 0 unspecified atom stereocenters. The molecule has 6 heteroatoms. The lowest BCUT2D eigenvalue weighted by atomic mass is 10.0. The van der Waals surface area contributed by atoms with Crippen LogP contribution in [0.25, 0.3) is 0 Å². The average molecular weight is 380 g/mol. The first-order valence-electron chi connectivity index (χ1n) is 9.61. The van der Waals surface area contributed by atoms with Gasteiger partial charge in [0.25, 0.3) is 11.8 Å². The van der Waals surface area contributed by atoms with Crippen molar-refractivity contribution in [2.24, 2.45) is 0 Å². The minimum atomic E-state index is -0.0441. The number of nitrogens with one attached hydrogen (secondary N) is 3. The lowest BCUT2D eigenvalue weighted by Crippen LogP contribution is -3.14. The van der Waals surface area contributed by atoms with Crippen LogP contribution in [-0.2, 0) is 4.79 Å². The fraction of sp³-hybridized carbons (Fsp3) is 0.318. The van der Waals surface area contributed by atoms with Crippen LogP contribution in [0.1, 0.15) is 40.5 Å². The maximum Gasteiger partial charge on any atom is 0.279 e. The number of Topliss-reactive ketones (excluding diaryl/α,β-unsaturated/α-hetero) is 1. The quantitative estimate of drug-likeness (QED) is 0.661. The van der Waals surface area contributed by atoms with Crippen LogP contribution in [0, 0.1) is 0 Å². The summed E-state index contributed by atoms with van der Waals surface area (Å²) < 4.78 is 0. The largest absolute Gasteiger partial charge is 0.349 e. The highest BCUT2D eigenvalue weighted by atomic mass is 16.2. The van der Waals surface area contributed by atoms with Crippen LogP contribution in [0.15, 0.2) is 54.6 Å². The summed E-state index contributed by atoms with van der Waals surface area (Å²) in [6.07, 6.45) is 1.71. The van der Waals surface area contributed by atoms with E-state index in [1.807, 2.05) is 30.3 Å². The SMILES string of the molecule is CC(=O)c1ccc(NC(=O)C[NH+]2CCC(NC(=O)c3ccccc3)CC2)cc1. The number of piperidine rings is 1. The molecule has 1 fully saturated rings. The van der Waals surface area contributed by atoms with Crippen molar-refractivity contribution in [2.45, 2.75) is 25.8 Å². The molecule has 146 valence electrons. The molecule has 3 N–H and O–H groups in total. The van der Waals surface area contributed by atoms with Gasteiger partial charge in [0.15, 0.2) is 12.3 Å². The van der Waals surface area contributed by atoms with E-state index in [4.69, 9.17) is 0 Å². The molecule has 0 spiro atoms. The van der Waals surface area contributed by atoms with Gasteiger partial charge in [0.1, 0.15) is 0 Å². The molecule has 0 bridgehead atoms. The Bertz CT molecular complexity index is 826. The lowest BCUT2D eigenvalue weighted by molar-refractivity contribution is -0.897. The first-order valence-corrected chi connectivity index (χ1v) is 9.61. The first kappa shape index (κ1) is 19.8. The fourth-order valence-corrected chi connectivity index (χ4v) is 3.43. The molecular weight excluding hydrogens is 354 g/mol. The molecule has 3 rings (SSSR count). The van der Waals surface area contributed by atoms with E-state index >= 15 is 0 Å². The Labute approximate surface area is 164 Å². The molecule has 0 radical (unpaired) electrons. The van der Waals surface area contributed by atoms with Crippen molar-refractivity contribution < 1.29 is 19.3 Å². The van der Waals surface area contributed by atoms with Crippen LogP contribution in [0.2, 0.25) is 0 Å². The number of benzene rings is 2. The number of hydrogen-bond acceptors (Lipinski definition) is 3. The molecule has 0 atom stereocenters. The van der Waals surface area contributed by atoms with Gasteiger partial charge >= 0.3 is 0 Å². The summed E-state index contributed by atoms with van der Waals surface area (Å²) in [6.45, 7) is 3.60. The van der Waals surface area contributed by atoms with Crippen LogP contribution in [0.3, 0.4) is 0 Å². The van der Waals surface area contributed by atoms with Crippen LogP contribution in [0.5, 0.6) is 0 Å². The third kappa shape index (κ3) is 5.50. The van der Waals surface area contributed by atoms with E-state index in [1.165, 1.54) is 11.8 Å². The summed E-state index contributed by atoms with van der Waals surface area (Å²) in [7, 11) is 0. The van der Waals surface area contributed by atoms with Crippen molar-refractivity contribution in [3.8, 4) is 0 Å². The van der Waals surface area contributed by atoms with Crippen LogP contribution < -0.4 is 15.5 Å². The van der Waals surface area contributed by atoms with Crippen molar-refractivity contribution in [3.63, 3.8) is 0 Å². The summed E-state index contributed by atoms with van der Waals surface area (Å²) >= 11 is 0. The molecular formula is C22H26N3O3+. The highest BCUT2D eigenvalue weighted by Crippen LogP contribution is 2.10. The second-order valence-electron chi connectivity index (χ2n) is 7.22. The smallest absolute Gasteiger partial charge is 0.279 e. The summed E-state index contributed by atoms with van der Waals surface area (Å²) in [4.78, 5) is 37.0. The second kappa shape index (κ2) is 9.28. The van der Waals surface area contributed by atoms with Gasteiger partial charge in [0.05, 0.1) is 13.1 Å². The Balaban J connectivity index is 1.41. The summed E-state index contributed by atoms with van der Waals surface area (Å²) in [5.41, 5.74) is 2.00. The van der Waals surface area contributed by atoms with Crippen molar-refractivity contribution in [1.82, 2.24) is 5.32 Å². The van der Waals surface area contributed by atoms with Crippen molar-refractivity contribution in [3.05, 3.63) is 65.7 Å². The molecule has 0 aromatic heterocycles. The van der Waals surface area contributed by atoms with Gasteiger partial charge in [-0.15, -0.1) is 0 Å². The zero-order valence-electron chi connectivity index (χ0n) is 16.0. The predicted octanol–water partition coefficient (Wildman–Crippen LogP) is 1.31. The maximum absolute atomic E-state index is 12.3. The van der Waals surface area contributed by atoms with Crippen LogP contribution >= 0.6 is 0 Å². The summed E-state index contributed by atoms with van der Waals surface area (Å²) in [5.74, 6) is -0.0808. The minimum absolute atomic E-state index is 0.00421. The number of carbonyl (C=O) groups is 3. The number of anilines is 1. The number of rotatable bonds is 6. The maximum atomic E-state index is 12.3. The lowest BCUT2D eigenvalue weighted by Gasteiger charge is -2.29. The van der Waals surface area contributed by atoms with E-state index in [0.717, 1.165) is 25.9 Å². The van der Waals surface area contributed by atoms with E-state index in [2.05, 4.69) is 10.6 Å². The van der Waals surface area contributed by atoms with Gasteiger partial charge < -0.3 is 15.5 Å². The summed E-state index contributed by atoms with van der Waals surface area (Å²) in [5, 5.41) is 5.96. The molecule has 1 aliphatic rings. The number of ketones is 1. The van der Waals surface area contributed by atoms with Gasteiger partial charge in [-0.25, -0.2) is 0 Å². The standard InChI is InChI=1S/C22H25N3O3/c1-16(26)17-7-9-19(10-8-17)23-21(27)15-25-13-11-20(12-14-25)24-22(28)18-5-3-2-4-6-18/h2-10,20H,11-15H2,1H3,(H,23,27)(H,24,28)/p+1. The van der Waals surface area contributed by atoms with Gasteiger partial charge in [-0.05, 0) is 43.3 Å². The molecule has 0 saturated carbocycles. The van der Waals surface area contributed by atoms with E-state index < -0.39 is 0 Å². The molecule has 28 heavy (non-hydrogen) atoms. The normalized spacial score (nSPS) is 18.9. The van der Waals surface area contributed by atoms with Gasteiger partial charge in [-0.2, -0.15) is 0 Å². The monoisotopic (exact) mass is 380 g/mol. The highest BCUT2D eigenvalue weighted by Gasteiger charge is 2.25. The van der Waals surface area contributed by atoms with Gasteiger partial charge in [0.2, 0.25) is 0 Å². The third-order valence-electron chi connectivity index (χ3n) is 5.05. The molecule has 1 saturated heterocycles. The first-order chi connectivity index (χ1) is 13.5. The van der Waals surface area contributed by atoms with Crippen molar-refractivity contribution >= 4 is 23.3 Å². The van der Waals surface area contributed by atoms with Crippen molar-refractivity contribution in [2.75, 3.05) is 25.0 Å². The predicted molar refractivity (Wildman–Crippen MR) is 108 cm³/mol. The number of quaternary nitrogens is 1. The van der Waals surface area contributed by atoms with Gasteiger partial charge in [0, 0.05) is 35.7 Å². The average Bonchev–Trinajstić information content (AvgIpc) is 2.70. The van der Waals surface area contributed by atoms with Gasteiger partial charge in [-0.1, -0.05) is 18.2 Å². The van der Waals surface area contributed by atoms with E-state index in [1.54, 1.807) is 24.3 Å². The molecule has 2 aromatic rings. The van der Waals surface area contributed by atoms with E-state index in [0.29, 0.717) is 23.4 Å². The van der Waals surface area contributed by atoms with E-state index in [-0.39, 0.29) is 23.6 Å². The Morgan fingerprint density at radius 2 is 1.57 bits per heavy atom. The minimum Gasteiger partial charge on any atom is -0.349 e. The molecule has 2 aromatic carbocycles. The second-order valence-corrected chi connectivity index (χ2v) is 7.22. The van der Waals surface area contributed by atoms with Gasteiger partial charge in [-0.3, -0.25) is 14.4 Å². The topological polar surface area (TPSA) is 79.7 Å². The zero-order valence-corrected chi connectivity index (χ0v) is 16.0. The van der Waals surface area contributed by atoms with Crippen LogP contribution in [0.4, 0.5) is 5.69 Å². The Morgan fingerprint density at radius 1 is 0.929 bits per heavy atom. The van der Waals surface area contributed by atoms with Crippen molar-refractivity contribution in [1.29, 1.82) is 0 Å². The number of hydrogen-bond donors (Lipinski definition) is 3. The number of likely N-dealkylation sites (tertiary alicyclic amines) is 1. The van der Waals surface area contributed by atoms with Crippen LogP contribution in [-0.4, -0.2) is 43.3 Å². The Kier molecular flexibility index (Phi) is 6.55. The number of amides is 2. The number of carbonyl (C=O) groups excluding carboxylic acids is 3. The molecule has 6 nitrogen and oxygen atoms in total. The fourth-order valence-electron chi connectivity index (χ4n) is 3.43. The molecule has 2 amide bonds.